The second-order valence-electron chi connectivity index (χ2n) is 6.92. The van der Waals surface area contributed by atoms with Gasteiger partial charge in [0.15, 0.2) is 11.5 Å². The zero-order valence-electron chi connectivity index (χ0n) is 18.0. The Morgan fingerprint density at radius 1 is 0.909 bits per heavy atom. The molecule has 0 fully saturated rings. The second-order valence-corrected chi connectivity index (χ2v) is 6.92. The highest BCUT2D eigenvalue weighted by Crippen LogP contribution is 2.27. The number of hydrogen-bond acceptors (Lipinski definition) is 6. The van der Waals surface area contributed by atoms with Gasteiger partial charge in [-0.2, -0.15) is 5.10 Å². The van der Waals surface area contributed by atoms with Gasteiger partial charge in [0.05, 0.1) is 24.6 Å². The number of phenols is 1. The van der Waals surface area contributed by atoms with Crippen molar-refractivity contribution in [1.29, 1.82) is 0 Å². The van der Waals surface area contributed by atoms with E-state index in [2.05, 4.69) is 21.2 Å². The first-order valence-corrected chi connectivity index (χ1v) is 9.86. The van der Waals surface area contributed by atoms with Gasteiger partial charge in [-0.3, -0.25) is 14.4 Å². The predicted octanol–water partition coefficient (Wildman–Crippen LogP) is 3.05. The molecule has 0 aliphatic heterocycles. The van der Waals surface area contributed by atoms with Crippen LogP contribution in [0.3, 0.4) is 0 Å². The molecule has 0 unspecified atom stereocenters. The van der Waals surface area contributed by atoms with Gasteiger partial charge >= 0.3 is 11.8 Å². The highest BCUT2D eigenvalue weighted by molar-refractivity contribution is 6.40. The Labute approximate surface area is 190 Å². The molecule has 4 N–H and O–H groups in total. The Balaban J connectivity index is 1.65. The summed E-state index contributed by atoms with van der Waals surface area (Å²) in [5.41, 5.74) is 4.36. The topological polar surface area (TPSA) is 129 Å². The van der Waals surface area contributed by atoms with E-state index in [0.29, 0.717) is 5.69 Å². The van der Waals surface area contributed by atoms with E-state index in [1.165, 1.54) is 25.5 Å². The number of carbonyl (C=O) groups is 3. The Kier molecular flexibility index (Phi) is 7.38. The number of aromatic hydroxyl groups is 1. The van der Waals surface area contributed by atoms with Crippen molar-refractivity contribution >= 4 is 35.3 Å². The van der Waals surface area contributed by atoms with Crippen LogP contribution in [-0.2, 0) is 9.59 Å². The van der Waals surface area contributed by atoms with Crippen LogP contribution in [0.25, 0.3) is 0 Å². The van der Waals surface area contributed by atoms with Crippen LogP contribution < -0.4 is 20.8 Å². The number of amides is 3. The fourth-order valence-corrected chi connectivity index (χ4v) is 2.82. The number of carbonyl (C=O) groups excluding carboxylic acids is 3. The first-order valence-electron chi connectivity index (χ1n) is 9.86. The molecule has 0 radical (unpaired) electrons. The summed E-state index contributed by atoms with van der Waals surface area (Å²) in [6.45, 7) is 1.94. The minimum Gasteiger partial charge on any atom is -0.504 e. The molecular formula is C24H22N4O5. The van der Waals surface area contributed by atoms with Crippen molar-refractivity contribution in [3.05, 3.63) is 83.4 Å². The van der Waals surface area contributed by atoms with Gasteiger partial charge in [-0.25, -0.2) is 5.43 Å². The van der Waals surface area contributed by atoms with Gasteiger partial charge in [-0.15, -0.1) is 0 Å². The number of rotatable bonds is 6. The van der Waals surface area contributed by atoms with Crippen molar-refractivity contribution in [1.82, 2.24) is 5.43 Å². The molecule has 0 spiro atoms. The highest BCUT2D eigenvalue weighted by Gasteiger charge is 2.18. The quantitative estimate of drug-likeness (QED) is 0.263. The molecule has 3 rings (SSSR count). The first-order chi connectivity index (χ1) is 15.9. The second kappa shape index (κ2) is 10.6. The monoisotopic (exact) mass is 446 g/mol. The molecule has 9 nitrogen and oxygen atoms in total. The maximum Gasteiger partial charge on any atom is 0.329 e. The fourth-order valence-electron chi connectivity index (χ4n) is 2.82. The maximum absolute atomic E-state index is 12.7. The molecule has 33 heavy (non-hydrogen) atoms. The van der Waals surface area contributed by atoms with E-state index in [1.807, 2.05) is 19.1 Å². The van der Waals surface area contributed by atoms with E-state index in [1.54, 1.807) is 42.5 Å². The van der Waals surface area contributed by atoms with Gasteiger partial charge in [0.2, 0.25) is 0 Å². The van der Waals surface area contributed by atoms with Crippen LogP contribution in [0.1, 0.15) is 21.5 Å². The molecule has 0 bridgehead atoms. The van der Waals surface area contributed by atoms with Crippen molar-refractivity contribution < 1.29 is 24.2 Å². The van der Waals surface area contributed by atoms with E-state index in [0.717, 1.165) is 5.56 Å². The predicted molar refractivity (Wildman–Crippen MR) is 125 cm³/mol. The first kappa shape index (κ1) is 23.0. The number of nitrogens with one attached hydrogen (secondary N) is 3. The summed E-state index contributed by atoms with van der Waals surface area (Å²) in [6, 6.07) is 18.3. The number of methoxy groups -OCH3 is 1. The molecule has 0 heterocycles. The van der Waals surface area contributed by atoms with Gasteiger partial charge in [0, 0.05) is 11.3 Å². The Morgan fingerprint density at radius 3 is 2.36 bits per heavy atom. The Bertz CT molecular complexity index is 1210. The molecular weight excluding hydrogens is 424 g/mol. The third-order valence-electron chi connectivity index (χ3n) is 4.56. The maximum atomic E-state index is 12.7. The number of benzene rings is 3. The SMILES string of the molecule is COc1cccc(/C=N\NC(=O)C(=O)Nc2ccccc2C(=O)Nc2ccc(C)cc2)c1O. The average Bonchev–Trinajstić information content (AvgIpc) is 2.81. The van der Waals surface area contributed by atoms with E-state index < -0.39 is 17.7 Å². The summed E-state index contributed by atoms with van der Waals surface area (Å²) >= 11 is 0. The van der Waals surface area contributed by atoms with Crippen molar-refractivity contribution in [2.24, 2.45) is 5.10 Å². The molecule has 0 saturated carbocycles. The normalized spacial score (nSPS) is 10.5. The molecule has 3 aromatic rings. The number of phenolic OH excluding ortho intramolecular Hbond substituents is 1. The van der Waals surface area contributed by atoms with Gasteiger partial charge in [-0.1, -0.05) is 35.9 Å². The van der Waals surface area contributed by atoms with Gasteiger partial charge in [0.1, 0.15) is 0 Å². The molecule has 0 aliphatic rings. The van der Waals surface area contributed by atoms with Crippen LogP contribution in [0, 0.1) is 6.92 Å². The standard InChI is InChI=1S/C24H22N4O5/c1-15-10-12-17(13-11-15)26-22(30)18-7-3-4-8-19(18)27-23(31)24(32)28-25-14-16-6-5-9-20(33-2)21(16)29/h3-14,29H,1-2H3,(H,26,30)(H,27,31)(H,28,32)/b25-14-. The number of ether oxygens (including phenoxy) is 1. The summed E-state index contributed by atoms with van der Waals surface area (Å²) in [5.74, 6) is -2.43. The minimum atomic E-state index is -1.05. The Morgan fingerprint density at radius 2 is 1.64 bits per heavy atom. The van der Waals surface area contributed by atoms with Crippen molar-refractivity contribution in [3.8, 4) is 11.5 Å². The molecule has 0 saturated heterocycles. The summed E-state index contributed by atoms with van der Waals surface area (Å²) in [4.78, 5) is 37.1. The molecule has 3 aromatic carbocycles. The van der Waals surface area contributed by atoms with E-state index >= 15 is 0 Å². The summed E-state index contributed by atoms with van der Waals surface area (Å²) < 4.78 is 5.00. The number of hydrazone groups is 1. The summed E-state index contributed by atoms with van der Waals surface area (Å²) in [7, 11) is 1.40. The Hall–Kier alpha value is -4.66. The number of para-hydroxylation sites is 2. The van der Waals surface area contributed by atoms with Crippen molar-refractivity contribution in [2.45, 2.75) is 6.92 Å². The summed E-state index contributed by atoms with van der Waals surface area (Å²) in [5, 5.41) is 18.9. The third-order valence-corrected chi connectivity index (χ3v) is 4.56. The van der Waals surface area contributed by atoms with Gasteiger partial charge < -0.3 is 20.5 Å². The largest absolute Gasteiger partial charge is 0.504 e. The smallest absolute Gasteiger partial charge is 0.329 e. The number of nitrogens with zero attached hydrogens (tertiary/aromatic N) is 1. The minimum absolute atomic E-state index is 0.157. The van der Waals surface area contributed by atoms with Crippen LogP contribution >= 0.6 is 0 Å². The highest BCUT2D eigenvalue weighted by atomic mass is 16.5. The van der Waals surface area contributed by atoms with Gasteiger partial charge in [-0.05, 0) is 43.3 Å². The zero-order chi connectivity index (χ0) is 23.8. The lowest BCUT2D eigenvalue weighted by atomic mass is 10.1. The fraction of sp³-hybridized carbons (Fsp3) is 0.0833. The van der Waals surface area contributed by atoms with E-state index in [-0.39, 0.29) is 28.3 Å². The molecule has 9 heteroatoms. The van der Waals surface area contributed by atoms with Crippen LogP contribution in [-0.4, -0.2) is 36.2 Å². The van der Waals surface area contributed by atoms with Crippen molar-refractivity contribution in [3.63, 3.8) is 0 Å². The van der Waals surface area contributed by atoms with Crippen LogP contribution in [0.4, 0.5) is 11.4 Å². The third kappa shape index (κ3) is 5.95. The van der Waals surface area contributed by atoms with E-state index in [9.17, 15) is 19.5 Å². The lowest BCUT2D eigenvalue weighted by molar-refractivity contribution is -0.136. The molecule has 168 valence electrons. The molecule has 0 atom stereocenters. The molecule has 0 aliphatic carbocycles. The molecule has 3 amide bonds. The number of hydrogen-bond donors (Lipinski definition) is 4. The lowest BCUT2D eigenvalue weighted by Crippen LogP contribution is -2.33. The number of anilines is 2. The summed E-state index contributed by atoms with van der Waals surface area (Å²) in [6.07, 6.45) is 1.17. The van der Waals surface area contributed by atoms with Gasteiger partial charge in [0.25, 0.3) is 5.91 Å². The van der Waals surface area contributed by atoms with Crippen molar-refractivity contribution in [2.75, 3.05) is 17.7 Å². The lowest BCUT2D eigenvalue weighted by Gasteiger charge is -2.11. The van der Waals surface area contributed by atoms with Crippen LogP contribution in [0.15, 0.2) is 71.8 Å². The number of aryl methyl sites for hydroxylation is 1. The molecule has 0 aromatic heterocycles. The van der Waals surface area contributed by atoms with Crippen LogP contribution in [0.2, 0.25) is 0 Å². The zero-order valence-corrected chi connectivity index (χ0v) is 18.0. The van der Waals surface area contributed by atoms with E-state index in [4.69, 9.17) is 4.74 Å². The average molecular weight is 446 g/mol. The van der Waals surface area contributed by atoms with Crippen LogP contribution in [0.5, 0.6) is 11.5 Å².